The highest BCUT2D eigenvalue weighted by Crippen LogP contribution is 1.94. The molecule has 38 valence electrons. The number of hydrogen-bond acceptors (Lipinski definition) is 3. The lowest BCUT2D eigenvalue weighted by atomic mass is 10.6. The highest BCUT2D eigenvalue weighted by atomic mass is 35.5. The van der Waals surface area contributed by atoms with E-state index in [9.17, 15) is 0 Å². The van der Waals surface area contributed by atoms with Crippen LogP contribution >= 0.6 is 11.6 Å². The van der Waals surface area contributed by atoms with Crippen LogP contribution in [0.3, 0.4) is 0 Å². The Morgan fingerprint density at radius 2 is 2.71 bits per heavy atom. The third-order valence-electron chi connectivity index (χ3n) is 0.542. The van der Waals surface area contributed by atoms with Gasteiger partial charge in [-0.05, 0) is 0 Å². The molecule has 0 saturated carbocycles. The molecule has 0 aliphatic rings. The summed E-state index contributed by atoms with van der Waals surface area (Å²) in [6.07, 6.45) is 1.41. The van der Waals surface area contributed by atoms with Gasteiger partial charge < -0.3 is 4.52 Å². The number of halogens is 1. The summed E-state index contributed by atoms with van der Waals surface area (Å²) in [4.78, 5) is 0. The molecule has 3 nitrogen and oxygen atoms in total. The van der Waals surface area contributed by atoms with Gasteiger partial charge in [-0.15, -0.1) is 16.7 Å². The number of aromatic nitrogens is 2. The summed E-state index contributed by atoms with van der Waals surface area (Å²) < 4.78 is 4.36. The molecule has 0 unspecified atom stereocenters. The molecule has 0 radical (unpaired) electrons. The van der Waals surface area contributed by atoms with Crippen LogP contribution in [-0.2, 0) is 5.88 Å². The largest absolute Gasteiger partial charge is 0.345 e. The van der Waals surface area contributed by atoms with Gasteiger partial charge >= 0.3 is 0 Å². The van der Waals surface area contributed by atoms with E-state index in [0.29, 0.717) is 11.6 Å². The molecule has 0 spiro atoms. The van der Waals surface area contributed by atoms with Gasteiger partial charge in [0, 0.05) is 5.27 Å². The highest BCUT2D eigenvalue weighted by Gasteiger charge is 1.89. The third kappa shape index (κ3) is 0.899. The van der Waals surface area contributed by atoms with Crippen LogP contribution in [-0.4, -0.2) is 10.4 Å². The van der Waals surface area contributed by atoms with Gasteiger partial charge in [-0.25, -0.2) is 0 Å². The molecule has 0 aliphatic heterocycles. The molecule has 4 heteroatoms. The van der Waals surface area contributed by atoms with E-state index in [1.54, 1.807) is 0 Å². The van der Waals surface area contributed by atoms with Crippen molar-refractivity contribution < 1.29 is 4.52 Å². The molecule has 7 heavy (non-hydrogen) atoms. The Hall–Kier alpha value is -0.570. The summed E-state index contributed by atoms with van der Waals surface area (Å²) >= 11 is 5.31. The molecule has 0 aliphatic carbocycles. The fourth-order valence-corrected chi connectivity index (χ4v) is 0.359. The summed E-state index contributed by atoms with van der Waals surface area (Å²) in [5.74, 6) is 0.365. The maximum atomic E-state index is 5.31. The molecule has 1 aromatic rings. The predicted molar refractivity (Wildman–Crippen MR) is 23.9 cm³/mol. The van der Waals surface area contributed by atoms with Crippen LogP contribution in [0.15, 0.2) is 10.8 Å². The first kappa shape index (κ1) is 4.59. The minimum atomic E-state index is 0.365. The Kier molecular flexibility index (Phi) is 1.26. The highest BCUT2D eigenvalue weighted by molar-refractivity contribution is 6.16. The molecule has 0 N–H and O–H groups in total. The molecule has 0 fully saturated rings. The molecular formula is C3H3ClN2O. The summed E-state index contributed by atoms with van der Waals surface area (Å²) in [5.41, 5.74) is 0.668. The van der Waals surface area contributed by atoms with E-state index in [2.05, 4.69) is 14.9 Å². The van der Waals surface area contributed by atoms with Gasteiger partial charge in [0.2, 0.25) is 0 Å². The van der Waals surface area contributed by atoms with Crippen molar-refractivity contribution in [3.63, 3.8) is 0 Å². The van der Waals surface area contributed by atoms with Gasteiger partial charge in [0.05, 0.1) is 5.88 Å². The normalized spacial score (nSPS) is 9.29. The molecule has 0 bridgehead atoms. The van der Waals surface area contributed by atoms with E-state index in [-0.39, 0.29) is 0 Å². The van der Waals surface area contributed by atoms with E-state index in [1.165, 1.54) is 6.26 Å². The van der Waals surface area contributed by atoms with E-state index >= 15 is 0 Å². The van der Waals surface area contributed by atoms with Crippen LogP contribution in [0.4, 0.5) is 0 Å². The fraction of sp³-hybridized carbons (Fsp3) is 0.333. The second kappa shape index (κ2) is 1.93. The first-order valence-electron chi connectivity index (χ1n) is 1.75. The average Bonchev–Trinajstić information content (AvgIpc) is 2.14. The van der Waals surface area contributed by atoms with Crippen molar-refractivity contribution in [1.82, 2.24) is 10.4 Å². The van der Waals surface area contributed by atoms with E-state index in [4.69, 9.17) is 11.6 Å². The Bertz CT molecular complexity index is 127. The van der Waals surface area contributed by atoms with Crippen LogP contribution in [0.5, 0.6) is 0 Å². The van der Waals surface area contributed by atoms with Crippen molar-refractivity contribution in [2.45, 2.75) is 5.88 Å². The Morgan fingerprint density at radius 1 is 1.86 bits per heavy atom. The minimum Gasteiger partial charge on any atom is -0.345 e. The quantitative estimate of drug-likeness (QED) is 0.512. The Morgan fingerprint density at radius 3 is 3.00 bits per heavy atom. The monoisotopic (exact) mass is 118 g/mol. The number of alkyl halides is 1. The summed E-state index contributed by atoms with van der Waals surface area (Å²) in [6, 6.07) is 0. The van der Waals surface area contributed by atoms with Crippen LogP contribution in [0.25, 0.3) is 0 Å². The van der Waals surface area contributed by atoms with Crippen LogP contribution < -0.4 is 0 Å². The van der Waals surface area contributed by atoms with Crippen LogP contribution in [0.2, 0.25) is 0 Å². The van der Waals surface area contributed by atoms with Crippen molar-refractivity contribution in [3.05, 3.63) is 12.0 Å². The summed E-state index contributed by atoms with van der Waals surface area (Å²) in [7, 11) is 0. The van der Waals surface area contributed by atoms with Crippen molar-refractivity contribution >= 4 is 11.6 Å². The van der Waals surface area contributed by atoms with Gasteiger partial charge in [0.1, 0.15) is 12.0 Å². The number of hydrogen-bond donors (Lipinski definition) is 0. The Balaban J connectivity index is 2.76. The zero-order valence-electron chi connectivity index (χ0n) is 3.47. The van der Waals surface area contributed by atoms with Gasteiger partial charge in [0.15, 0.2) is 0 Å². The Labute approximate surface area is 45.3 Å². The van der Waals surface area contributed by atoms with Crippen molar-refractivity contribution in [2.75, 3.05) is 0 Å². The molecular weight excluding hydrogens is 115 g/mol. The van der Waals surface area contributed by atoms with Gasteiger partial charge in [0.25, 0.3) is 0 Å². The topological polar surface area (TPSA) is 38.9 Å². The van der Waals surface area contributed by atoms with Gasteiger partial charge in [-0.3, -0.25) is 0 Å². The molecule has 1 aromatic heterocycles. The first-order valence-corrected chi connectivity index (χ1v) is 2.29. The van der Waals surface area contributed by atoms with Crippen LogP contribution in [0, 0.1) is 0 Å². The second-order valence-electron chi connectivity index (χ2n) is 1.03. The SMILES string of the molecule is ClCc1conn1. The molecule has 0 aromatic carbocycles. The molecule has 1 heterocycles. The molecule has 1 rings (SSSR count). The molecule has 0 amide bonds. The lowest BCUT2D eigenvalue weighted by Crippen LogP contribution is -1.73. The standard InChI is InChI=1S/C3H3ClN2O/c4-1-3-2-7-6-5-3/h2H,1H2. The number of nitrogens with zero attached hydrogens (tertiary/aromatic N) is 2. The minimum absolute atomic E-state index is 0.365. The van der Waals surface area contributed by atoms with E-state index in [0.717, 1.165) is 0 Å². The number of rotatable bonds is 1. The van der Waals surface area contributed by atoms with Crippen LogP contribution in [0.1, 0.15) is 5.69 Å². The first-order chi connectivity index (χ1) is 3.43. The van der Waals surface area contributed by atoms with Gasteiger partial charge in [-0.2, -0.15) is 0 Å². The lowest BCUT2D eigenvalue weighted by molar-refractivity contribution is 0.393. The second-order valence-corrected chi connectivity index (χ2v) is 1.30. The maximum Gasteiger partial charge on any atom is 0.148 e. The lowest BCUT2D eigenvalue weighted by Gasteiger charge is -1.70. The average molecular weight is 119 g/mol. The van der Waals surface area contributed by atoms with Gasteiger partial charge in [-0.1, -0.05) is 0 Å². The van der Waals surface area contributed by atoms with E-state index < -0.39 is 0 Å². The summed E-state index contributed by atoms with van der Waals surface area (Å²) in [5, 5.41) is 6.67. The van der Waals surface area contributed by atoms with Crippen molar-refractivity contribution in [2.24, 2.45) is 0 Å². The predicted octanol–water partition coefficient (Wildman–Crippen LogP) is 0.808. The van der Waals surface area contributed by atoms with Crippen molar-refractivity contribution in [3.8, 4) is 0 Å². The molecule has 0 saturated heterocycles. The summed E-state index contributed by atoms with van der Waals surface area (Å²) in [6.45, 7) is 0. The third-order valence-corrected chi connectivity index (χ3v) is 0.816. The maximum absolute atomic E-state index is 5.31. The zero-order valence-corrected chi connectivity index (χ0v) is 4.22. The fourth-order valence-electron chi connectivity index (χ4n) is 0.242. The van der Waals surface area contributed by atoms with E-state index in [1.807, 2.05) is 0 Å². The van der Waals surface area contributed by atoms with Crippen molar-refractivity contribution in [1.29, 1.82) is 0 Å². The molecule has 0 atom stereocenters. The smallest absolute Gasteiger partial charge is 0.148 e. The zero-order chi connectivity index (χ0) is 5.11.